The van der Waals surface area contributed by atoms with Gasteiger partial charge < -0.3 is 10.3 Å². The molecule has 0 unspecified atom stereocenters. The lowest BCUT2D eigenvalue weighted by molar-refractivity contribution is -0.127. The number of nitrogens with zero attached hydrogens (tertiary/aromatic N) is 1. The molecule has 0 aliphatic heterocycles. The number of anilines is 1. The molecule has 4 aromatic rings. The van der Waals surface area contributed by atoms with E-state index < -0.39 is 11.9 Å². The molecule has 2 N–H and O–H groups in total. The number of carbonyl (C=O) groups is 2. The smallest absolute Gasteiger partial charge is 0.248 e. The average molecular weight is 490 g/mol. The largest absolute Gasteiger partial charge is 0.361 e. The molecule has 180 valence electrons. The molecule has 0 spiro atoms. The summed E-state index contributed by atoms with van der Waals surface area (Å²) in [6.07, 6.45) is 7.22. The molecule has 0 saturated heterocycles. The van der Waals surface area contributed by atoms with Crippen LogP contribution >= 0.6 is 11.3 Å². The van der Waals surface area contributed by atoms with Crippen LogP contribution in [0.4, 0.5) is 10.1 Å². The molecular weight excluding hydrogens is 461 g/mol. The Morgan fingerprint density at radius 2 is 1.80 bits per heavy atom. The van der Waals surface area contributed by atoms with Crippen molar-refractivity contribution < 1.29 is 14.0 Å². The summed E-state index contributed by atoms with van der Waals surface area (Å²) in [7, 11) is 0. The number of hydrogen-bond donors (Lipinski definition) is 2. The van der Waals surface area contributed by atoms with Crippen molar-refractivity contribution in [2.24, 2.45) is 0 Å². The minimum absolute atomic E-state index is 0.109. The van der Waals surface area contributed by atoms with E-state index in [1.165, 1.54) is 34.8 Å². The summed E-state index contributed by atoms with van der Waals surface area (Å²) >= 11 is 1.44. The number of aromatic nitrogens is 1. The predicted molar refractivity (Wildman–Crippen MR) is 138 cm³/mol. The van der Waals surface area contributed by atoms with Gasteiger partial charge in [0.25, 0.3) is 0 Å². The number of amides is 2. The molecule has 1 saturated carbocycles. The molecule has 7 heteroatoms. The van der Waals surface area contributed by atoms with Gasteiger partial charge in [0.1, 0.15) is 11.9 Å². The first kappa shape index (κ1) is 23.3. The van der Waals surface area contributed by atoms with Crippen LogP contribution in [0.3, 0.4) is 0 Å². The molecule has 0 bridgehead atoms. The van der Waals surface area contributed by atoms with Gasteiger partial charge in [0.15, 0.2) is 0 Å². The van der Waals surface area contributed by atoms with E-state index >= 15 is 0 Å². The number of para-hydroxylation sites is 1. The molecule has 2 heterocycles. The summed E-state index contributed by atoms with van der Waals surface area (Å²) in [6.45, 7) is 0. The molecule has 1 atom stereocenters. The second-order valence-corrected chi connectivity index (χ2v) is 10.0. The van der Waals surface area contributed by atoms with Crippen molar-refractivity contribution in [1.82, 2.24) is 10.3 Å². The maximum atomic E-state index is 13.9. The van der Waals surface area contributed by atoms with Crippen molar-refractivity contribution >= 4 is 39.7 Å². The first-order valence-corrected chi connectivity index (χ1v) is 12.9. The van der Waals surface area contributed by atoms with Gasteiger partial charge in [0, 0.05) is 33.7 Å². The average Bonchev–Trinajstić information content (AvgIpc) is 3.54. The molecule has 5 rings (SSSR count). The number of fused-ring (bicyclic) bond motifs is 1. The standard InChI is InChI=1S/C28H28FN3O2S/c29-20-12-14-22(15-13-20)32(26(33)17-19-18-30-24-10-5-4-9-23(19)24)27(25-11-6-16-35-25)28(34)31-21-7-2-1-3-8-21/h4-6,9-16,18,21,27,30H,1-3,7-8,17H2,(H,31,34)/t27-/m0/s1. The highest BCUT2D eigenvalue weighted by Crippen LogP contribution is 2.33. The zero-order valence-corrected chi connectivity index (χ0v) is 20.2. The van der Waals surface area contributed by atoms with Crippen LogP contribution in [0.15, 0.2) is 72.2 Å². The first-order chi connectivity index (χ1) is 17.1. The predicted octanol–water partition coefficient (Wildman–Crippen LogP) is 6.13. The van der Waals surface area contributed by atoms with Gasteiger partial charge in [-0.05, 0) is 60.2 Å². The molecule has 1 aliphatic rings. The van der Waals surface area contributed by atoms with Crippen molar-refractivity contribution in [1.29, 1.82) is 0 Å². The van der Waals surface area contributed by atoms with Crippen molar-refractivity contribution in [3.63, 3.8) is 0 Å². The van der Waals surface area contributed by atoms with Gasteiger partial charge >= 0.3 is 0 Å². The molecular formula is C28H28FN3O2S. The molecule has 2 aromatic carbocycles. The van der Waals surface area contributed by atoms with Crippen LogP contribution in [0.1, 0.15) is 48.6 Å². The quantitative estimate of drug-likeness (QED) is 0.328. The maximum absolute atomic E-state index is 13.9. The number of carbonyl (C=O) groups excluding carboxylic acids is 2. The maximum Gasteiger partial charge on any atom is 0.248 e. The van der Waals surface area contributed by atoms with Crippen LogP contribution in [0.25, 0.3) is 10.9 Å². The fraction of sp³-hybridized carbons (Fsp3) is 0.286. The van der Waals surface area contributed by atoms with E-state index in [4.69, 9.17) is 0 Å². The van der Waals surface area contributed by atoms with Gasteiger partial charge in [-0.25, -0.2) is 4.39 Å². The number of H-pyrrole nitrogens is 1. The normalized spacial score (nSPS) is 15.1. The summed E-state index contributed by atoms with van der Waals surface area (Å²) in [6, 6.07) is 16.6. The van der Waals surface area contributed by atoms with Crippen molar-refractivity contribution in [3.05, 3.63) is 88.5 Å². The summed E-state index contributed by atoms with van der Waals surface area (Å²) in [5.74, 6) is -0.813. The Balaban J connectivity index is 1.52. The molecule has 2 amide bonds. The lowest BCUT2D eigenvalue weighted by Gasteiger charge is -2.33. The lowest BCUT2D eigenvalue weighted by Crippen LogP contribution is -2.47. The van der Waals surface area contributed by atoms with Crippen molar-refractivity contribution in [2.45, 2.75) is 50.6 Å². The van der Waals surface area contributed by atoms with Gasteiger partial charge in [-0.1, -0.05) is 43.5 Å². The van der Waals surface area contributed by atoms with Gasteiger partial charge in [0.05, 0.1) is 6.42 Å². The molecule has 1 aliphatic carbocycles. The van der Waals surface area contributed by atoms with Gasteiger partial charge in [-0.3, -0.25) is 14.5 Å². The van der Waals surface area contributed by atoms with Gasteiger partial charge in [-0.15, -0.1) is 11.3 Å². The molecule has 1 fully saturated rings. The van der Waals surface area contributed by atoms with Crippen LogP contribution in [0, 0.1) is 5.82 Å². The highest BCUT2D eigenvalue weighted by atomic mass is 32.1. The summed E-state index contributed by atoms with van der Waals surface area (Å²) in [4.78, 5) is 33.2. The zero-order chi connectivity index (χ0) is 24.2. The van der Waals surface area contributed by atoms with Crippen LogP contribution in [0.2, 0.25) is 0 Å². The molecule has 35 heavy (non-hydrogen) atoms. The number of thiophene rings is 1. The van der Waals surface area contributed by atoms with Gasteiger partial charge in [-0.2, -0.15) is 0 Å². The van der Waals surface area contributed by atoms with Gasteiger partial charge in [0.2, 0.25) is 11.8 Å². The minimum Gasteiger partial charge on any atom is -0.361 e. The summed E-state index contributed by atoms with van der Waals surface area (Å²) in [5, 5.41) is 6.08. The Morgan fingerprint density at radius 3 is 2.54 bits per heavy atom. The second-order valence-electron chi connectivity index (χ2n) is 9.04. The number of halogens is 1. The van der Waals surface area contributed by atoms with E-state index in [9.17, 15) is 14.0 Å². The number of hydrogen-bond acceptors (Lipinski definition) is 3. The Bertz CT molecular complexity index is 1290. The van der Waals surface area contributed by atoms with Crippen molar-refractivity contribution in [3.8, 4) is 0 Å². The second kappa shape index (κ2) is 10.4. The molecule has 5 nitrogen and oxygen atoms in total. The molecule has 0 radical (unpaired) electrons. The minimum atomic E-state index is -0.833. The molecule has 2 aromatic heterocycles. The highest BCUT2D eigenvalue weighted by Gasteiger charge is 2.35. The highest BCUT2D eigenvalue weighted by molar-refractivity contribution is 7.10. The fourth-order valence-electron chi connectivity index (χ4n) is 4.91. The van der Waals surface area contributed by atoms with E-state index in [1.54, 1.807) is 12.1 Å². The third kappa shape index (κ3) is 5.15. The van der Waals surface area contributed by atoms with Crippen LogP contribution in [0.5, 0.6) is 0 Å². The summed E-state index contributed by atoms with van der Waals surface area (Å²) < 4.78 is 13.8. The Labute approximate surface area is 208 Å². The topological polar surface area (TPSA) is 65.2 Å². The van der Waals surface area contributed by atoms with E-state index in [-0.39, 0.29) is 24.3 Å². The number of aromatic amines is 1. The summed E-state index contributed by atoms with van der Waals surface area (Å²) in [5.41, 5.74) is 2.30. The SMILES string of the molecule is O=C(NC1CCCCC1)[C@H](c1cccs1)N(C(=O)Cc1c[nH]c2ccccc12)c1ccc(F)cc1. The monoisotopic (exact) mass is 489 g/mol. The van der Waals surface area contributed by atoms with E-state index in [0.717, 1.165) is 47.0 Å². The number of nitrogens with one attached hydrogen (secondary N) is 2. The number of benzene rings is 2. The van der Waals surface area contributed by atoms with Crippen LogP contribution < -0.4 is 10.2 Å². The first-order valence-electron chi connectivity index (χ1n) is 12.1. The van der Waals surface area contributed by atoms with E-state index in [2.05, 4.69) is 10.3 Å². The Kier molecular flexibility index (Phi) is 6.95. The van der Waals surface area contributed by atoms with Crippen LogP contribution in [-0.4, -0.2) is 22.8 Å². The van der Waals surface area contributed by atoms with Crippen molar-refractivity contribution in [2.75, 3.05) is 4.90 Å². The zero-order valence-electron chi connectivity index (χ0n) is 19.4. The Morgan fingerprint density at radius 1 is 1.03 bits per heavy atom. The number of rotatable bonds is 7. The lowest BCUT2D eigenvalue weighted by atomic mass is 9.95. The third-order valence-corrected chi connectivity index (χ3v) is 7.59. The van der Waals surface area contributed by atoms with E-state index in [1.807, 2.05) is 48.0 Å². The van der Waals surface area contributed by atoms with Crippen LogP contribution in [-0.2, 0) is 16.0 Å². The Hall–Kier alpha value is -3.45. The van der Waals surface area contributed by atoms with E-state index in [0.29, 0.717) is 5.69 Å². The third-order valence-electron chi connectivity index (χ3n) is 6.66. The fourth-order valence-corrected chi connectivity index (χ4v) is 5.73.